The van der Waals surface area contributed by atoms with Crippen molar-refractivity contribution >= 4 is 21.9 Å². The van der Waals surface area contributed by atoms with Gasteiger partial charge in [0.15, 0.2) is 6.79 Å². The molecule has 0 unspecified atom stereocenters. The van der Waals surface area contributed by atoms with Crippen molar-refractivity contribution in [3.63, 3.8) is 0 Å². The van der Waals surface area contributed by atoms with E-state index in [0.29, 0.717) is 0 Å². The predicted molar refractivity (Wildman–Crippen MR) is 53.6 cm³/mol. The van der Waals surface area contributed by atoms with E-state index in [1.807, 2.05) is 0 Å². The highest BCUT2D eigenvalue weighted by Gasteiger charge is 2.11. The molecule has 1 N–H and O–H groups in total. The normalized spacial score (nSPS) is 9.86. The topological polar surface area (TPSA) is 55.8 Å². The van der Waals surface area contributed by atoms with Gasteiger partial charge in [0.05, 0.1) is 0 Å². The van der Waals surface area contributed by atoms with Crippen LogP contribution < -0.4 is 4.74 Å². The smallest absolute Gasteiger partial charge is 0.339 e. The summed E-state index contributed by atoms with van der Waals surface area (Å²) in [5.74, 6) is -0.739. The third kappa shape index (κ3) is 2.71. The predicted octanol–water partition coefficient (Wildman–Crippen LogP) is 2.13. The number of aromatic carboxylic acids is 1. The van der Waals surface area contributed by atoms with E-state index in [1.54, 1.807) is 12.1 Å². The summed E-state index contributed by atoms with van der Waals surface area (Å²) >= 11 is 3.22. The Bertz CT molecular complexity index is 338. The van der Waals surface area contributed by atoms with Crippen molar-refractivity contribution in [2.24, 2.45) is 0 Å². The molecule has 0 atom stereocenters. The maximum absolute atomic E-state index is 10.8. The number of rotatable bonds is 4. The second-order valence-electron chi connectivity index (χ2n) is 2.50. The fourth-order valence-electron chi connectivity index (χ4n) is 0.915. The molecule has 1 aromatic carbocycles. The first-order valence-electron chi connectivity index (χ1n) is 3.79. The number of carboxylic acid groups (broad SMARTS) is 1. The van der Waals surface area contributed by atoms with Gasteiger partial charge in [-0.2, -0.15) is 0 Å². The Balaban J connectivity index is 2.97. The highest BCUT2D eigenvalue weighted by molar-refractivity contribution is 9.10. The summed E-state index contributed by atoms with van der Waals surface area (Å²) in [5.41, 5.74) is 0.116. The standard InChI is InChI=1S/C9H9BrO4/c1-13-5-14-8-4-6(10)2-3-7(8)9(11)12/h2-4H,5H2,1H3,(H,11,12). The molecular formula is C9H9BrO4. The van der Waals surface area contributed by atoms with Crippen LogP contribution in [0.15, 0.2) is 22.7 Å². The Morgan fingerprint density at radius 2 is 2.29 bits per heavy atom. The molecule has 0 aliphatic rings. The molecule has 4 nitrogen and oxygen atoms in total. The van der Waals surface area contributed by atoms with Gasteiger partial charge >= 0.3 is 5.97 Å². The number of methoxy groups -OCH3 is 1. The molecule has 0 radical (unpaired) electrons. The van der Waals surface area contributed by atoms with Gasteiger partial charge < -0.3 is 14.6 Å². The molecular weight excluding hydrogens is 252 g/mol. The lowest BCUT2D eigenvalue weighted by Crippen LogP contribution is -2.05. The Morgan fingerprint density at radius 3 is 2.86 bits per heavy atom. The van der Waals surface area contributed by atoms with Gasteiger partial charge in [-0.3, -0.25) is 0 Å². The number of carbonyl (C=O) groups is 1. The Hall–Kier alpha value is -1.07. The summed E-state index contributed by atoms with van der Waals surface area (Å²) < 4.78 is 10.5. The molecule has 0 saturated carbocycles. The minimum Gasteiger partial charge on any atom is -0.478 e. The highest BCUT2D eigenvalue weighted by atomic mass is 79.9. The lowest BCUT2D eigenvalue weighted by atomic mass is 10.2. The average molecular weight is 261 g/mol. The van der Waals surface area contributed by atoms with Crippen LogP contribution in [0.3, 0.4) is 0 Å². The second kappa shape index (κ2) is 4.97. The van der Waals surface area contributed by atoms with E-state index in [1.165, 1.54) is 13.2 Å². The average Bonchev–Trinajstić information content (AvgIpc) is 2.14. The van der Waals surface area contributed by atoms with Gasteiger partial charge in [-0.1, -0.05) is 15.9 Å². The van der Waals surface area contributed by atoms with Crippen LogP contribution in [0.2, 0.25) is 0 Å². The lowest BCUT2D eigenvalue weighted by Gasteiger charge is -2.07. The van der Waals surface area contributed by atoms with E-state index in [-0.39, 0.29) is 18.1 Å². The molecule has 76 valence electrons. The van der Waals surface area contributed by atoms with Crippen LogP contribution in [0, 0.1) is 0 Å². The van der Waals surface area contributed by atoms with Crippen LogP contribution in [-0.4, -0.2) is 25.0 Å². The summed E-state index contributed by atoms with van der Waals surface area (Å²) in [6.45, 7) is 0.0245. The number of benzene rings is 1. The fraction of sp³-hybridized carbons (Fsp3) is 0.222. The van der Waals surface area contributed by atoms with Gasteiger partial charge in [-0.25, -0.2) is 4.79 Å². The minimum atomic E-state index is -1.02. The molecule has 0 aromatic heterocycles. The van der Waals surface area contributed by atoms with Crippen LogP contribution in [-0.2, 0) is 4.74 Å². The van der Waals surface area contributed by atoms with E-state index in [9.17, 15) is 4.79 Å². The second-order valence-corrected chi connectivity index (χ2v) is 3.41. The third-order valence-corrected chi connectivity index (χ3v) is 2.00. The van der Waals surface area contributed by atoms with Crippen molar-refractivity contribution in [3.05, 3.63) is 28.2 Å². The molecule has 14 heavy (non-hydrogen) atoms. The van der Waals surface area contributed by atoms with E-state index in [4.69, 9.17) is 9.84 Å². The van der Waals surface area contributed by atoms with Gasteiger partial charge in [0.2, 0.25) is 0 Å². The zero-order valence-corrected chi connectivity index (χ0v) is 9.08. The third-order valence-electron chi connectivity index (χ3n) is 1.51. The first kappa shape index (κ1) is 11.0. The van der Waals surface area contributed by atoms with Gasteiger partial charge in [-0.15, -0.1) is 0 Å². The number of halogens is 1. The van der Waals surface area contributed by atoms with Crippen LogP contribution in [0.5, 0.6) is 5.75 Å². The largest absolute Gasteiger partial charge is 0.478 e. The van der Waals surface area contributed by atoms with Gasteiger partial charge in [0.1, 0.15) is 11.3 Å². The summed E-state index contributed by atoms with van der Waals surface area (Å²) in [6.07, 6.45) is 0. The minimum absolute atomic E-state index is 0.0245. The van der Waals surface area contributed by atoms with Crippen molar-refractivity contribution in [3.8, 4) is 5.75 Å². The number of ether oxygens (including phenoxy) is 2. The quantitative estimate of drug-likeness (QED) is 0.843. The van der Waals surface area contributed by atoms with Crippen molar-refractivity contribution < 1.29 is 19.4 Å². The maximum atomic E-state index is 10.8. The SMILES string of the molecule is COCOc1cc(Br)ccc1C(=O)O. The first-order chi connectivity index (χ1) is 6.65. The van der Waals surface area contributed by atoms with Gasteiger partial charge in [0.25, 0.3) is 0 Å². The highest BCUT2D eigenvalue weighted by Crippen LogP contribution is 2.23. The van der Waals surface area contributed by atoms with Crippen LogP contribution in [0.4, 0.5) is 0 Å². The molecule has 1 rings (SSSR count). The van der Waals surface area contributed by atoms with Crippen LogP contribution in [0.1, 0.15) is 10.4 Å². The summed E-state index contributed by atoms with van der Waals surface area (Å²) in [4.78, 5) is 10.8. The zero-order valence-electron chi connectivity index (χ0n) is 7.49. The Morgan fingerprint density at radius 1 is 1.57 bits per heavy atom. The lowest BCUT2D eigenvalue weighted by molar-refractivity contribution is 0.0483. The van der Waals surface area contributed by atoms with Crippen LogP contribution in [0.25, 0.3) is 0 Å². The fourth-order valence-corrected chi connectivity index (χ4v) is 1.25. The molecule has 0 spiro atoms. The van der Waals surface area contributed by atoms with E-state index in [0.717, 1.165) is 4.47 Å². The molecule has 0 bridgehead atoms. The summed E-state index contributed by atoms with van der Waals surface area (Å²) in [7, 11) is 1.47. The molecule has 0 fully saturated rings. The van der Waals surface area contributed by atoms with Gasteiger partial charge in [-0.05, 0) is 18.2 Å². The van der Waals surface area contributed by atoms with Crippen molar-refractivity contribution in [1.82, 2.24) is 0 Å². The Labute approximate surface area is 89.6 Å². The molecule has 5 heteroatoms. The zero-order chi connectivity index (χ0) is 10.6. The monoisotopic (exact) mass is 260 g/mol. The number of carboxylic acids is 1. The van der Waals surface area contributed by atoms with Crippen molar-refractivity contribution in [2.75, 3.05) is 13.9 Å². The Kier molecular flexibility index (Phi) is 3.91. The van der Waals surface area contributed by atoms with Crippen molar-refractivity contribution in [1.29, 1.82) is 0 Å². The summed E-state index contributed by atoms with van der Waals surface area (Å²) in [5, 5.41) is 8.82. The summed E-state index contributed by atoms with van der Waals surface area (Å²) in [6, 6.07) is 4.70. The van der Waals surface area contributed by atoms with Crippen LogP contribution >= 0.6 is 15.9 Å². The molecule has 0 aliphatic heterocycles. The van der Waals surface area contributed by atoms with Gasteiger partial charge in [0, 0.05) is 11.6 Å². The molecule has 0 amide bonds. The van der Waals surface area contributed by atoms with E-state index in [2.05, 4.69) is 20.7 Å². The number of hydrogen-bond donors (Lipinski definition) is 1. The maximum Gasteiger partial charge on any atom is 0.339 e. The van der Waals surface area contributed by atoms with E-state index < -0.39 is 5.97 Å². The first-order valence-corrected chi connectivity index (χ1v) is 4.59. The van der Waals surface area contributed by atoms with Crippen molar-refractivity contribution in [2.45, 2.75) is 0 Å². The van der Waals surface area contributed by atoms with E-state index >= 15 is 0 Å². The molecule has 0 heterocycles. The molecule has 0 saturated heterocycles. The number of hydrogen-bond acceptors (Lipinski definition) is 3. The molecule has 1 aromatic rings. The molecule has 0 aliphatic carbocycles.